The van der Waals surface area contributed by atoms with Gasteiger partial charge < -0.3 is 15.3 Å². The Labute approximate surface area is 219 Å². The van der Waals surface area contributed by atoms with Crippen LogP contribution in [0.25, 0.3) is 0 Å². The van der Waals surface area contributed by atoms with Crippen LogP contribution in [0.3, 0.4) is 0 Å². The van der Waals surface area contributed by atoms with E-state index in [0.717, 1.165) is 0 Å². The molecule has 2 fully saturated rings. The first kappa shape index (κ1) is 27.9. The monoisotopic (exact) mass is 514 g/mol. The summed E-state index contributed by atoms with van der Waals surface area (Å²) >= 11 is 0. The molecule has 0 radical (unpaired) electrons. The van der Waals surface area contributed by atoms with Crippen molar-refractivity contribution in [1.29, 1.82) is 0 Å². The van der Waals surface area contributed by atoms with Crippen LogP contribution in [0.1, 0.15) is 87.0 Å². The van der Waals surface area contributed by atoms with Crippen molar-refractivity contribution >= 4 is 23.3 Å². The van der Waals surface area contributed by atoms with Gasteiger partial charge in [0, 0.05) is 41.4 Å². The summed E-state index contributed by atoms with van der Waals surface area (Å²) in [5, 5.41) is 30.4. The molecule has 3 N–H and O–H groups in total. The van der Waals surface area contributed by atoms with Gasteiger partial charge in [0.15, 0.2) is 11.6 Å². The molecule has 0 bridgehead atoms. The molecule has 7 heteroatoms. The number of carboxylic acids is 1. The third kappa shape index (κ3) is 3.75. The Kier molecular flexibility index (Phi) is 6.56. The van der Waals surface area contributed by atoms with E-state index in [-0.39, 0.29) is 66.4 Å². The largest absolute Gasteiger partial charge is 0.478 e. The van der Waals surface area contributed by atoms with Crippen LogP contribution in [0.2, 0.25) is 0 Å². The number of allylic oxidation sites excluding steroid dienone is 2. The van der Waals surface area contributed by atoms with Crippen LogP contribution in [-0.2, 0) is 19.2 Å². The summed E-state index contributed by atoms with van der Waals surface area (Å²) in [6, 6.07) is 0. The highest BCUT2D eigenvalue weighted by Gasteiger charge is 2.70. The SMILES string of the molecule is C/C(=C\[C@@H](O)C[C@@H](C)[C@H]1CC(=O)[C@@]2(C)C3=C(C(=O)C[C@]12C)[C@@]1(C)CCC(O)C(C)(C)[C@@H]1CC3=O)C(=O)O. The van der Waals surface area contributed by atoms with Crippen molar-refractivity contribution in [2.75, 3.05) is 0 Å². The Balaban J connectivity index is 1.78. The van der Waals surface area contributed by atoms with Gasteiger partial charge in [0.1, 0.15) is 5.78 Å². The Morgan fingerprint density at radius 2 is 1.68 bits per heavy atom. The molecule has 4 rings (SSSR count). The maximum atomic E-state index is 14.0. The highest BCUT2D eigenvalue weighted by molar-refractivity contribution is 6.16. The second-order valence-electron chi connectivity index (χ2n) is 13.5. The van der Waals surface area contributed by atoms with E-state index in [0.29, 0.717) is 24.0 Å². The molecule has 8 atom stereocenters. The minimum absolute atomic E-state index is 0.0379. The third-order valence-corrected chi connectivity index (χ3v) is 11.3. The molecule has 0 heterocycles. The highest BCUT2D eigenvalue weighted by atomic mass is 16.4. The molecule has 1 unspecified atom stereocenters. The lowest BCUT2D eigenvalue weighted by molar-refractivity contribution is -0.145. The number of aliphatic hydroxyl groups is 2. The van der Waals surface area contributed by atoms with E-state index in [1.165, 1.54) is 13.0 Å². The number of hydrogen-bond donors (Lipinski definition) is 3. The molecule has 0 aliphatic heterocycles. The maximum Gasteiger partial charge on any atom is 0.331 e. The average molecular weight is 515 g/mol. The molecule has 4 aliphatic carbocycles. The van der Waals surface area contributed by atoms with Gasteiger partial charge in [0.25, 0.3) is 0 Å². The molecular formula is C30H42O7. The van der Waals surface area contributed by atoms with Crippen LogP contribution in [0, 0.1) is 39.4 Å². The van der Waals surface area contributed by atoms with E-state index in [2.05, 4.69) is 0 Å². The molecule has 0 aromatic rings. The molecule has 37 heavy (non-hydrogen) atoms. The Morgan fingerprint density at radius 3 is 2.27 bits per heavy atom. The quantitative estimate of drug-likeness (QED) is 0.472. The zero-order valence-corrected chi connectivity index (χ0v) is 23.2. The number of Topliss-reactive ketones (excluding diaryl/α,β-unsaturated/α-hetero) is 3. The van der Waals surface area contributed by atoms with E-state index in [1.54, 1.807) is 0 Å². The molecule has 0 aromatic carbocycles. The molecular weight excluding hydrogens is 472 g/mol. The van der Waals surface area contributed by atoms with Crippen LogP contribution in [0.5, 0.6) is 0 Å². The average Bonchev–Trinajstić information content (AvgIpc) is 2.99. The number of rotatable bonds is 5. The lowest BCUT2D eigenvalue weighted by atomic mass is 9.42. The summed E-state index contributed by atoms with van der Waals surface area (Å²) < 4.78 is 0. The van der Waals surface area contributed by atoms with Crippen molar-refractivity contribution in [2.24, 2.45) is 39.4 Å². The van der Waals surface area contributed by atoms with Crippen molar-refractivity contribution in [3.05, 3.63) is 22.8 Å². The van der Waals surface area contributed by atoms with E-state index in [1.807, 2.05) is 41.5 Å². The number of carbonyl (C=O) groups is 4. The maximum absolute atomic E-state index is 14.0. The number of ketones is 3. The van der Waals surface area contributed by atoms with E-state index < -0.39 is 39.8 Å². The van der Waals surface area contributed by atoms with Gasteiger partial charge in [0.05, 0.1) is 17.6 Å². The Hall–Kier alpha value is -2.12. The number of fused-ring (bicyclic) bond motifs is 4. The fourth-order valence-corrected chi connectivity index (χ4v) is 8.80. The van der Waals surface area contributed by atoms with Gasteiger partial charge in [-0.05, 0) is 67.8 Å². The van der Waals surface area contributed by atoms with Crippen molar-refractivity contribution < 1.29 is 34.5 Å². The lowest BCUT2D eigenvalue weighted by Gasteiger charge is -2.60. The van der Waals surface area contributed by atoms with Gasteiger partial charge in [-0.3, -0.25) is 14.4 Å². The molecule has 0 amide bonds. The first-order chi connectivity index (χ1) is 16.9. The lowest BCUT2D eigenvalue weighted by Crippen LogP contribution is -2.59. The van der Waals surface area contributed by atoms with Crippen LogP contribution < -0.4 is 0 Å². The second kappa shape index (κ2) is 8.70. The summed E-state index contributed by atoms with van der Waals surface area (Å²) in [7, 11) is 0. The van der Waals surface area contributed by atoms with Gasteiger partial charge in [-0.1, -0.05) is 34.6 Å². The van der Waals surface area contributed by atoms with Crippen LogP contribution in [0.4, 0.5) is 0 Å². The molecule has 0 aromatic heterocycles. The summed E-state index contributed by atoms with van der Waals surface area (Å²) in [4.78, 5) is 53.0. The standard InChI is InChI=1S/C30H42O7/c1-15(10-17(31)11-16(2)26(36)37)18-12-23(35)30(7)25-19(32)13-21-27(3,4)22(34)8-9-28(21,5)24(25)20(33)14-29(18,30)6/h11,15,17-18,21-22,31,34H,8-10,12-14H2,1-7H3,(H,36,37)/b16-11+/t15-,17+,18-,21+,22?,28+,29-,30+/m1/s1. The van der Waals surface area contributed by atoms with Gasteiger partial charge in [-0.25, -0.2) is 4.79 Å². The number of carboxylic acid groups (broad SMARTS) is 1. The summed E-state index contributed by atoms with van der Waals surface area (Å²) in [6.07, 6.45) is 1.75. The molecule has 0 saturated heterocycles. The number of hydrogen-bond acceptors (Lipinski definition) is 6. The highest BCUT2D eigenvalue weighted by Crippen LogP contribution is 2.70. The first-order valence-electron chi connectivity index (χ1n) is 13.6. The minimum atomic E-state index is -1.10. The number of carbonyl (C=O) groups excluding carboxylic acids is 3. The third-order valence-electron chi connectivity index (χ3n) is 11.3. The first-order valence-corrected chi connectivity index (χ1v) is 13.6. The number of aliphatic hydroxyl groups excluding tert-OH is 2. The second-order valence-corrected chi connectivity index (χ2v) is 13.5. The topological polar surface area (TPSA) is 129 Å². The van der Waals surface area contributed by atoms with Crippen LogP contribution >= 0.6 is 0 Å². The fourth-order valence-electron chi connectivity index (χ4n) is 8.80. The smallest absolute Gasteiger partial charge is 0.331 e. The van der Waals surface area contributed by atoms with Crippen LogP contribution in [-0.4, -0.2) is 50.8 Å². The normalized spacial score (nSPS) is 41.2. The van der Waals surface area contributed by atoms with E-state index in [9.17, 15) is 29.4 Å². The Bertz CT molecular complexity index is 1130. The van der Waals surface area contributed by atoms with Gasteiger partial charge in [-0.15, -0.1) is 0 Å². The van der Waals surface area contributed by atoms with Gasteiger partial charge in [0.2, 0.25) is 0 Å². The Morgan fingerprint density at radius 1 is 1.05 bits per heavy atom. The van der Waals surface area contributed by atoms with E-state index >= 15 is 0 Å². The predicted octanol–water partition coefficient (Wildman–Crippen LogP) is 4.05. The fraction of sp³-hybridized carbons (Fsp3) is 0.733. The summed E-state index contributed by atoms with van der Waals surface area (Å²) in [5.74, 6) is -1.95. The molecule has 2 saturated carbocycles. The predicted molar refractivity (Wildman–Crippen MR) is 137 cm³/mol. The summed E-state index contributed by atoms with van der Waals surface area (Å²) in [5.41, 5.74) is -2.01. The molecule has 4 aliphatic rings. The molecule has 204 valence electrons. The van der Waals surface area contributed by atoms with Crippen LogP contribution in [0.15, 0.2) is 22.8 Å². The van der Waals surface area contributed by atoms with Gasteiger partial charge >= 0.3 is 5.97 Å². The molecule has 0 spiro atoms. The van der Waals surface area contributed by atoms with E-state index in [4.69, 9.17) is 5.11 Å². The number of aliphatic carboxylic acids is 1. The van der Waals surface area contributed by atoms with Crippen molar-refractivity contribution in [3.63, 3.8) is 0 Å². The molecule has 7 nitrogen and oxygen atoms in total. The van der Waals surface area contributed by atoms with Crippen molar-refractivity contribution in [2.45, 2.75) is 99.2 Å². The zero-order chi connectivity index (χ0) is 27.9. The minimum Gasteiger partial charge on any atom is -0.478 e. The van der Waals surface area contributed by atoms with Crippen molar-refractivity contribution in [3.8, 4) is 0 Å². The van der Waals surface area contributed by atoms with Gasteiger partial charge in [-0.2, -0.15) is 0 Å². The zero-order valence-electron chi connectivity index (χ0n) is 23.2. The summed E-state index contributed by atoms with van der Waals surface area (Å²) in [6.45, 7) is 13.1. The van der Waals surface area contributed by atoms with Crippen molar-refractivity contribution in [1.82, 2.24) is 0 Å².